The number of piperidine rings is 1. The lowest BCUT2D eigenvalue weighted by molar-refractivity contribution is 0.197. The highest BCUT2D eigenvalue weighted by Crippen LogP contribution is 2.42. The van der Waals surface area contributed by atoms with Crippen molar-refractivity contribution in [1.82, 2.24) is 14.9 Å². The molecule has 1 fully saturated rings. The van der Waals surface area contributed by atoms with Gasteiger partial charge in [0.15, 0.2) is 5.69 Å². The molecule has 2 aromatic heterocycles. The monoisotopic (exact) mass is 477 g/mol. The van der Waals surface area contributed by atoms with E-state index >= 15 is 0 Å². The smallest absolute Gasteiger partial charge is 0.187 e. The zero-order valence-electron chi connectivity index (χ0n) is 20.9. The van der Waals surface area contributed by atoms with Crippen molar-refractivity contribution in [3.63, 3.8) is 0 Å². The van der Waals surface area contributed by atoms with Crippen LogP contribution in [0.25, 0.3) is 38.1 Å². The number of likely N-dealkylation sites (N-methyl/N-ethyl adjacent to an activating group) is 1. The lowest BCUT2D eigenvalue weighted by atomic mass is 9.81. The topological polar surface area (TPSA) is 46.7 Å². The van der Waals surface area contributed by atoms with Gasteiger partial charge in [-0.3, -0.25) is 4.98 Å². The first kappa shape index (κ1) is 22.6. The summed E-state index contributed by atoms with van der Waals surface area (Å²) in [5.41, 5.74) is 7.31. The maximum atomic E-state index is 7.36. The number of rotatable bonds is 4. The van der Waals surface area contributed by atoms with E-state index in [9.17, 15) is 0 Å². The lowest BCUT2D eigenvalue weighted by Crippen LogP contribution is -2.37. The van der Waals surface area contributed by atoms with Crippen molar-refractivity contribution < 1.29 is 4.74 Å². The van der Waals surface area contributed by atoms with E-state index in [1.807, 2.05) is 30.5 Å². The summed E-state index contributed by atoms with van der Waals surface area (Å²) in [5.74, 6) is 0.897. The SMILES string of the molecule is [C-]#[N+]c1ccc(-c2c(-c3ccc4c(c3)OCCN4C)ncc3c2ccn3CC2(C)CCNCC2)cc1. The van der Waals surface area contributed by atoms with Crippen molar-refractivity contribution >= 4 is 22.3 Å². The molecule has 0 aliphatic carbocycles. The molecule has 0 radical (unpaired) electrons. The Bertz CT molecular complexity index is 1460. The van der Waals surface area contributed by atoms with Crippen LogP contribution in [-0.2, 0) is 6.54 Å². The van der Waals surface area contributed by atoms with E-state index in [2.05, 4.69) is 64.1 Å². The molecule has 6 nitrogen and oxygen atoms in total. The van der Waals surface area contributed by atoms with Crippen molar-refractivity contribution in [1.29, 1.82) is 0 Å². The van der Waals surface area contributed by atoms with E-state index in [1.54, 1.807) is 0 Å². The molecule has 2 aliphatic rings. The average molecular weight is 478 g/mol. The van der Waals surface area contributed by atoms with Gasteiger partial charge >= 0.3 is 0 Å². The minimum Gasteiger partial charge on any atom is -0.490 e. The van der Waals surface area contributed by atoms with E-state index in [0.29, 0.717) is 12.3 Å². The highest BCUT2D eigenvalue weighted by Gasteiger charge is 2.28. The summed E-state index contributed by atoms with van der Waals surface area (Å²) in [6.45, 7) is 14.5. The molecule has 1 saturated heterocycles. The Morgan fingerprint density at radius 1 is 1.08 bits per heavy atom. The van der Waals surface area contributed by atoms with Crippen LogP contribution in [0.1, 0.15) is 19.8 Å². The second-order valence-electron chi connectivity index (χ2n) is 10.4. The van der Waals surface area contributed by atoms with Crippen LogP contribution in [0.2, 0.25) is 0 Å². The molecule has 0 spiro atoms. The third kappa shape index (κ3) is 4.00. The molecule has 6 rings (SSSR count). The molecule has 0 bridgehead atoms. The van der Waals surface area contributed by atoms with Gasteiger partial charge in [-0.1, -0.05) is 37.3 Å². The van der Waals surface area contributed by atoms with Crippen molar-refractivity contribution in [2.75, 3.05) is 38.2 Å². The van der Waals surface area contributed by atoms with Crippen LogP contribution >= 0.6 is 0 Å². The van der Waals surface area contributed by atoms with Gasteiger partial charge in [-0.25, -0.2) is 4.85 Å². The number of pyridine rings is 1. The van der Waals surface area contributed by atoms with Crippen molar-refractivity contribution in [2.45, 2.75) is 26.3 Å². The lowest BCUT2D eigenvalue weighted by Gasteiger charge is -2.34. The zero-order valence-corrected chi connectivity index (χ0v) is 20.9. The van der Waals surface area contributed by atoms with Gasteiger partial charge in [0.05, 0.1) is 36.2 Å². The fourth-order valence-corrected chi connectivity index (χ4v) is 5.61. The highest BCUT2D eigenvalue weighted by atomic mass is 16.5. The van der Waals surface area contributed by atoms with Crippen LogP contribution in [0.15, 0.2) is 60.9 Å². The molecule has 2 aliphatic heterocycles. The third-order valence-corrected chi connectivity index (χ3v) is 7.81. The van der Waals surface area contributed by atoms with E-state index in [4.69, 9.17) is 16.3 Å². The van der Waals surface area contributed by atoms with Crippen molar-refractivity contribution in [2.24, 2.45) is 5.41 Å². The Hall–Kier alpha value is -3.82. The molecule has 0 unspecified atom stereocenters. The molecule has 0 amide bonds. The van der Waals surface area contributed by atoms with Gasteiger partial charge in [0, 0.05) is 36.3 Å². The number of anilines is 1. The predicted octanol–water partition coefficient (Wildman–Crippen LogP) is 6.14. The summed E-state index contributed by atoms with van der Waals surface area (Å²) in [4.78, 5) is 10.9. The Kier molecular flexibility index (Phi) is 5.66. The fraction of sp³-hybridized carbons (Fsp3) is 0.333. The highest BCUT2D eigenvalue weighted by molar-refractivity contribution is 6.02. The quantitative estimate of drug-likeness (QED) is 0.359. The summed E-state index contributed by atoms with van der Waals surface area (Å²) in [5, 5.41) is 4.67. The molecule has 0 atom stereocenters. The first-order valence-electron chi connectivity index (χ1n) is 12.7. The first-order chi connectivity index (χ1) is 17.5. The number of benzene rings is 2. The maximum Gasteiger partial charge on any atom is 0.187 e. The van der Waals surface area contributed by atoms with Gasteiger partial charge in [-0.15, -0.1) is 0 Å². The molecule has 4 heterocycles. The van der Waals surface area contributed by atoms with Gasteiger partial charge in [-0.2, -0.15) is 0 Å². The molecule has 4 aromatic rings. The molecule has 36 heavy (non-hydrogen) atoms. The van der Waals surface area contributed by atoms with Crippen LogP contribution < -0.4 is 15.0 Å². The molecular formula is C30H31N5O. The second kappa shape index (κ2) is 9.00. The first-order valence-corrected chi connectivity index (χ1v) is 12.7. The molecule has 1 N–H and O–H groups in total. The zero-order chi connectivity index (χ0) is 24.7. The number of ether oxygens (including phenoxy) is 1. The maximum absolute atomic E-state index is 7.36. The van der Waals surface area contributed by atoms with Crippen LogP contribution in [0, 0.1) is 12.0 Å². The van der Waals surface area contributed by atoms with E-state index < -0.39 is 0 Å². The average Bonchev–Trinajstić information content (AvgIpc) is 3.30. The van der Waals surface area contributed by atoms with Gasteiger partial charge < -0.3 is 19.5 Å². The van der Waals surface area contributed by atoms with Gasteiger partial charge in [-0.05, 0) is 55.1 Å². The second-order valence-corrected chi connectivity index (χ2v) is 10.4. The minimum absolute atomic E-state index is 0.273. The summed E-state index contributed by atoms with van der Waals surface area (Å²) < 4.78 is 8.38. The summed E-state index contributed by atoms with van der Waals surface area (Å²) in [6.07, 6.45) is 6.59. The van der Waals surface area contributed by atoms with Crippen LogP contribution in [0.3, 0.4) is 0 Å². The number of hydrogen-bond donors (Lipinski definition) is 1. The molecule has 6 heteroatoms. The standard InChI is InChI=1S/C30H31N5O/c1-30(11-13-32-14-12-30)20-35-15-10-24-26(35)19-33-29(28(24)21-4-7-23(31-2)8-5-21)22-6-9-25-27(18-22)36-17-16-34(25)3/h4-10,15,18-19,32H,11-14,16-17,20H2,1,3H3. The molecule has 182 valence electrons. The summed E-state index contributed by atoms with van der Waals surface area (Å²) in [7, 11) is 2.10. The number of nitrogens with one attached hydrogen (secondary N) is 1. The number of fused-ring (bicyclic) bond motifs is 2. The van der Waals surface area contributed by atoms with E-state index in [0.717, 1.165) is 65.5 Å². The largest absolute Gasteiger partial charge is 0.490 e. The fourth-order valence-electron chi connectivity index (χ4n) is 5.61. The summed E-state index contributed by atoms with van der Waals surface area (Å²) >= 11 is 0. The minimum atomic E-state index is 0.273. The van der Waals surface area contributed by atoms with Gasteiger partial charge in [0.25, 0.3) is 0 Å². The van der Waals surface area contributed by atoms with Crippen LogP contribution in [0.4, 0.5) is 11.4 Å². The Morgan fingerprint density at radius 2 is 1.86 bits per heavy atom. The van der Waals surface area contributed by atoms with E-state index in [1.165, 1.54) is 18.2 Å². The Balaban J connectivity index is 1.50. The van der Waals surface area contributed by atoms with Crippen LogP contribution in [-0.4, -0.2) is 42.8 Å². The van der Waals surface area contributed by atoms with E-state index in [-0.39, 0.29) is 5.41 Å². The van der Waals surface area contributed by atoms with Crippen molar-refractivity contribution in [3.8, 4) is 28.1 Å². The Morgan fingerprint density at radius 3 is 2.64 bits per heavy atom. The van der Waals surface area contributed by atoms with Crippen LogP contribution in [0.5, 0.6) is 5.75 Å². The molecule has 2 aromatic carbocycles. The summed E-state index contributed by atoms with van der Waals surface area (Å²) in [6, 6.07) is 16.5. The third-order valence-electron chi connectivity index (χ3n) is 7.81. The number of nitrogens with zero attached hydrogens (tertiary/aromatic N) is 4. The van der Waals surface area contributed by atoms with Crippen molar-refractivity contribution in [3.05, 3.63) is 72.3 Å². The predicted molar refractivity (Wildman–Crippen MR) is 146 cm³/mol. The molecule has 0 saturated carbocycles. The van der Waals surface area contributed by atoms with Gasteiger partial charge in [0.2, 0.25) is 0 Å². The number of aromatic nitrogens is 2. The number of hydrogen-bond acceptors (Lipinski definition) is 4. The Labute approximate surface area is 212 Å². The molecular weight excluding hydrogens is 446 g/mol. The normalized spacial score (nSPS) is 16.9. The van der Waals surface area contributed by atoms with Gasteiger partial charge in [0.1, 0.15) is 12.4 Å².